The first kappa shape index (κ1) is 22.1. The van der Waals surface area contributed by atoms with Crippen LogP contribution in [-0.2, 0) is 17.6 Å². The van der Waals surface area contributed by atoms with Crippen LogP contribution in [0.4, 0.5) is 0 Å². The number of phenols is 3. The van der Waals surface area contributed by atoms with Crippen molar-refractivity contribution in [2.45, 2.75) is 32.0 Å². The van der Waals surface area contributed by atoms with Crippen LogP contribution in [0.5, 0.6) is 23.0 Å². The van der Waals surface area contributed by atoms with Crippen LogP contribution in [0, 0.1) is 0 Å². The molecule has 0 aromatic heterocycles. The summed E-state index contributed by atoms with van der Waals surface area (Å²) in [6.45, 7) is 1.72. The molecule has 0 saturated carbocycles. The molecule has 1 unspecified atom stereocenters. The van der Waals surface area contributed by atoms with E-state index in [9.17, 15) is 34.8 Å². The van der Waals surface area contributed by atoms with E-state index in [4.69, 9.17) is 9.47 Å². The predicted octanol–water partition coefficient (Wildman–Crippen LogP) is 2.95. The smallest absolute Gasteiger partial charge is 0.342 e. The van der Waals surface area contributed by atoms with E-state index in [1.165, 1.54) is 25.3 Å². The first-order chi connectivity index (χ1) is 17.1. The van der Waals surface area contributed by atoms with Gasteiger partial charge >= 0.3 is 5.97 Å². The summed E-state index contributed by atoms with van der Waals surface area (Å²) in [5, 5.41) is 44.2. The molecule has 0 bridgehead atoms. The largest absolute Gasteiger partial charge is 0.507 e. The van der Waals surface area contributed by atoms with Crippen LogP contribution in [0.1, 0.15) is 71.9 Å². The Morgan fingerprint density at radius 1 is 0.861 bits per heavy atom. The third-order valence-corrected chi connectivity index (χ3v) is 7.12. The molecule has 2 atom stereocenters. The summed E-state index contributed by atoms with van der Waals surface area (Å²) >= 11 is 0. The fraction of sp³-hybridized carbons (Fsp3) is 0.222. The number of hydrogen-bond donors (Lipinski definition) is 4. The van der Waals surface area contributed by atoms with E-state index >= 15 is 0 Å². The fourth-order valence-electron chi connectivity index (χ4n) is 5.70. The topological polar surface area (TPSA) is 151 Å². The Labute approximate surface area is 204 Å². The quantitative estimate of drug-likeness (QED) is 0.297. The first-order valence-electron chi connectivity index (χ1n) is 11.3. The lowest BCUT2D eigenvalue weighted by Gasteiger charge is -2.33. The monoisotopic (exact) mass is 488 g/mol. The van der Waals surface area contributed by atoms with Gasteiger partial charge in [0, 0.05) is 35.1 Å². The number of esters is 1. The highest BCUT2D eigenvalue weighted by Crippen LogP contribution is 2.56. The molecule has 0 radical (unpaired) electrons. The highest BCUT2D eigenvalue weighted by Gasteiger charge is 2.44. The maximum atomic E-state index is 13.5. The summed E-state index contributed by atoms with van der Waals surface area (Å²) in [5.74, 6) is -3.86. The van der Waals surface area contributed by atoms with Crippen molar-refractivity contribution in [3.8, 4) is 34.1 Å². The zero-order chi connectivity index (χ0) is 25.6. The number of aliphatic hydroxyl groups excluding tert-OH is 1. The number of aromatic hydroxyl groups is 3. The zero-order valence-corrected chi connectivity index (χ0v) is 19.2. The third kappa shape index (κ3) is 2.66. The molecule has 36 heavy (non-hydrogen) atoms. The lowest BCUT2D eigenvalue weighted by molar-refractivity contribution is 0.0297. The number of aliphatic hydroxyl groups is 1. The SMILES string of the molecule is COc1c2c(c(O)c3c1C(O)Cc1cc4c(c(O)c1-3)C(=O)O[C@@H](C)C4)C(=O)c1cccc(O)c1C2=O. The summed E-state index contributed by atoms with van der Waals surface area (Å²) < 4.78 is 10.8. The van der Waals surface area contributed by atoms with Gasteiger partial charge in [0.05, 0.1) is 29.9 Å². The zero-order valence-electron chi connectivity index (χ0n) is 19.2. The van der Waals surface area contributed by atoms with Crippen LogP contribution in [0.2, 0.25) is 0 Å². The lowest BCUT2D eigenvalue weighted by atomic mass is 9.74. The van der Waals surface area contributed by atoms with Gasteiger partial charge in [-0.15, -0.1) is 0 Å². The van der Waals surface area contributed by atoms with E-state index in [1.807, 2.05) is 0 Å². The highest BCUT2D eigenvalue weighted by atomic mass is 16.5. The Hall–Kier alpha value is -4.37. The number of rotatable bonds is 1. The molecule has 0 spiro atoms. The van der Waals surface area contributed by atoms with Crippen LogP contribution >= 0.6 is 0 Å². The summed E-state index contributed by atoms with van der Waals surface area (Å²) in [6, 6.07) is 5.71. The van der Waals surface area contributed by atoms with E-state index in [0.717, 1.165) is 0 Å². The molecule has 0 saturated heterocycles. The summed E-state index contributed by atoms with van der Waals surface area (Å²) in [7, 11) is 1.25. The molecule has 9 nitrogen and oxygen atoms in total. The Bertz CT molecular complexity index is 1570. The van der Waals surface area contributed by atoms with Gasteiger partial charge in [-0.2, -0.15) is 0 Å². The number of carbonyl (C=O) groups excluding carboxylic acids is 3. The molecular formula is C27H20O9. The molecule has 9 heteroatoms. The maximum absolute atomic E-state index is 13.5. The summed E-state index contributed by atoms with van der Waals surface area (Å²) in [4.78, 5) is 39.6. The average Bonchev–Trinajstić information content (AvgIpc) is 2.81. The van der Waals surface area contributed by atoms with E-state index in [0.29, 0.717) is 17.5 Å². The van der Waals surface area contributed by atoms with E-state index in [1.54, 1.807) is 13.0 Å². The van der Waals surface area contributed by atoms with Crippen LogP contribution in [-0.4, -0.2) is 51.2 Å². The van der Waals surface area contributed by atoms with Crippen LogP contribution < -0.4 is 4.74 Å². The van der Waals surface area contributed by atoms with Crippen molar-refractivity contribution < 1.29 is 44.3 Å². The Morgan fingerprint density at radius 3 is 2.28 bits per heavy atom. The molecular weight excluding hydrogens is 468 g/mol. The van der Waals surface area contributed by atoms with Gasteiger partial charge in [-0.05, 0) is 24.1 Å². The van der Waals surface area contributed by atoms with Crippen molar-refractivity contribution in [2.75, 3.05) is 7.11 Å². The molecule has 3 aliphatic rings. The number of fused-ring (bicyclic) bond motifs is 6. The minimum Gasteiger partial charge on any atom is -0.507 e. The highest BCUT2D eigenvalue weighted by molar-refractivity contribution is 6.32. The van der Waals surface area contributed by atoms with Crippen molar-refractivity contribution in [3.63, 3.8) is 0 Å². The maximum Gasteiger partial charge on any atom is 0.342 e. The third-order valence-electron chi connectivity index (χ3n) is 7.12. The summed E-state index contributed by atoms with van der Waals surface area (Å²) in [6.07, 6.45) is -1.32. The van der Waals surface area contributed by atoms with Crippen molar-refractivity contribution in [1.29, 1.82) is 0 Å². The van der Waals surface area contributed by atoms with Gasteiger partial charge in [0.25, 0.3) is 0 Å². The van der Waals surface area contributed by atoms with Gasteiger partial charge in [0.15, 0.2) is 5.78 Å². The molecule has 0 amide bonds. The normalized spacial score (nSPS) is 19.5. The van der Waals surface area contributed by atoms with Gasteiger partial charge in [-0.25, -0.2) is 4.79 Å². The number of methoxy groups -OCH3 is 1. The number of carbonyl (C=O) groups is 3. The molecule has 0 fully saturated rings. The molecule has 182 valence electrons. The minimum atomic E-state index is -1.27. The summed E-state index contributed by atoms with van der Waals surface area (Å²) in [5.41, 5.74) is -0.0958. The second-order valence-electron chi connectivity index (χ2n) is 9.21. The second kappa shape index (κ2) is 7.32. The molecule has 1 aliphatic heterocycles. The minimum absolute atomic E-state index is 0.00549. The van der Waals surface area contributed by atoms with Gasteiger partial charge in [-0.3, -0.25) is 9.59 Å². The molecule has 2 aliphatic carbocycles. The van der Waals surface area contributed by atoms with Crippen molar-refractivity contribution in [1.82, 2.24) is 0 Å². The van der Waals surface area contributed by atoms with Crippen molar-refractivity contribution >= 4 is 17.5 Å². The van der Waals surface area contributed by atoms with Crippen LogP contribution in [0.25, 0.3) is 11.1 Å². The standard InChI is InChI=1S/C27H20O9/c1-9-6-10-7-11-8-14(29)18-19(15(11)23(31)16(10)27(34)36-9)25(33)20-21(26(18)35-2)24(32)17-12(22(20)30)4-3-5-13(17)28/h3-5,7,9,14,28-29,31,33H,6,8H2,1-2H3/t9-,14?/m0/s1. The number of ketones is 2. The number of hydrogen-bond acceptors (Lipinski definition) is 9. The van der Waals surface area contributed by atoms with Gasteiger partial charge in [0.2, 0.25) is 5.78 Å². The number of phenolic OH excluding ortho intramolecular Hbond substituents is 3. The number of ether oxygens (including phenoxy) is 2. The molecule has 1 heterocycles. The molecule has 4 N–H and O–H groups in total. The van der Waals surface area contributed by atoms with E-state index in [2.05, 4.69) is 0 Å². The first-order valence-corrected chi connectivity index (χ1v) is 11.3. The van der Waals surface area contributed by atoms with Gasteiger partial charge in [-0.1, -0.05) is 18.2 Å². The van der Waals surface area contributed by atoms with Crippen LogP contribution in [0.3, 0.4) is 0 Å². The molecule has 3 aromatic rings. The Balaban J connectivity index is 1.72. The van der Waals surface area contributed by atoms with Crippen molar-refractivity contribution in [2.24, 2.45) is 0 Å². The lowest BCUT2D eigenvalue weighted by Crippen LogP contribution is -2.27. The number of cyclic esters (lactones) is 1. The van der Waals surface area contributed by atoms with Gasteiger partial charge in [0.1, 0.15) is 34.7 Å². The second-order valence-corrected chi connectivity index (χ2v) is 9.21. The molecule has 6 rings (SSSR count). The predicted molar refractivity (Wildman–Crippen MR) is 124 cm³/mol. The van der Waals surface area contributed by atoms with E-state index < -0.39 is 47.0 Å². The van der Waals surface area contributed by atoms with Crippen molar-refractivity contribution in [3.05, 3.63) is 68.8 Å². The molecule has 3 aromatic carbocycles. The Morgan fingerprint density at radius 2 is 1.56 bits per heavy atom. The fourth-order valence-corrected chi connectivity index (χ4v) is 5.70. The number of benzene rings is 3. The van der Waals surface area contributed by atoms with E-state index in [-0.39, 0.29) is 56.7 Å². The Kier molecular flexibility index (Phi) is 4.49. The van der Waals surface area contributed by atoms with Crippen LogP contribution in [0.15, 0.2) is 24.3 Å². The average molecular weight is 488 g/mol. The van der Waals surface area contributed by atoms with Gasteiger partial charge < -0.3 is 29.9 Å².